The maximum atomic E-state index is 12.4. The van der Waals surface area contributed by atoms with Crippen LogP contribution in [-0.4, -0.2) is 61.4 Å². The Balaban J connectivity index is 0.00000264. The fraction of sp³-hybridized carbons (Fsp3) is 0.500. The van der Waals surface area contributed by atoms with Gasteiger partial charge in [0, 0.05) is 42.6 Å². The number of carbonyl (C=O) groups excluding carboxylic acids is 2. The van der Waals surface area contributed by atoms with Crippen molar-refractivity contribution in [2.75, 3.05) is 39.8 Å². The predicted octanol–water partition coefficient (Wildman–Crippen LogP) is 2.15. The van der Waals surface area contributed by atoms with Gasteiger partial charge >= 0.3 is 0 Å². The zero-order valence-electron chi connectivity index (χ0n) is 13.3. The Morgan fingerprint density at radius 1 is 1.09 bits per heavy atom. The van der Waals surface area contributed by atoms with Crippen LogP contribution in [0.5, 0.6) is 0 Å². The lowest BCUT2D eigenvalue weighted by molar-refractivity contribution is -0.132. The number of rotatable bonds is 5. The first-order chi connectivity index (χ1) is 10.6. The summed E-state index contributed by atoms with van der Waals surface area (Å²) in [5, 5.41) is 3.04. The highest BCUT2D eigenvalue weighted by Crippen LogP contribution is 2.14. The summed E-state index contributed by atoms with van der Waals surface area (Å²) >= 11 is 3.37. The van der Waals surface area contributed by atoms with Crippen molar-refractivity contribution in [3.05, 3.63) is 34.3 Å². The summed E-state index contributed by atoms with van der Waals surface area (Å²) in [5.41, 5.74) is 0.692. The SMILES string of the molecule is CNCCCC(=O)N1CCN(C(=O)c2ccc(Br)cc2)CC1.Cl. The Labute approximate surface area is 151 Å². The molecule has 5 nitrogen and oxygen atoms in total. The van der Waals surface area contributed by atoms with Gasteiger partial charge in [-0.3, -0.25) is 9.59 Å². The van der Waals surface area contributed by atoms with Gasteiger partial charge in [-0.05, 0) is 44.3 Å². The molecule has 128 valence electrons. The molecule has 2 amide bonds. The third kappa shape index (κ3) is 5.79. The first-order valence-electron chi connectivity index (χ1n) is 7.59. The van der Waals surface area contributed by atoms with Gasteiger partial charge in [0.15, 0.2) is 0 Å². The number of hydrogen-bond donors (Lipinski definition) is 1. The van der Waals surface area contributed by atoms with Crippen molar-refractivity contribution in [1.82, 2.24) is 15.1 Å². The van der Waals surface area contributed by atoms with Crippen molar-refractivity contribution >= 4 is 40.2 Å². The molecule has 1 aliphatic rings. The summed E-state index contributed by atoms with van der Waals surface area (Å²) in [4.78, 5) is 28.1. The summed E-state index contributed by atoms with van der Waals surface area (Å²) in [7, 11) is 1.89. The number of nitrogens with one attached hydrogen (secondary N) is 1. The molecule has 1 aliphatic heterocycles. The molecule has 23 heavy (non-hydrogen) atoms. The lowest BCUT2D eigenvalue weighted by Gasteiger charge is -2.35. The smallest absolute Gasteiger partial charge is 0.253 e. The van der Waals surface area contributed by atoms with Crippen LogP contribution in [0.15, 0.2) is 28.7 Å². The van der Waals surface area contributed by atoms with E-state index in [1.54, 1.807) is 0 Å². The van der Waals surface area contributed by atoms with Crippen LogP contribution in [0.3, 0.4) is 0 Å². The monoisotopic (exact) mass is 403 g/mol. The summed E-state index contributed by atoms with van der Waals surface area (Å²) in [6.07, 6.45) is 1.43. The molecule has 1 saturated heterocycles. The van der Waals surface area contributed by atoms with Crippen LogP contribution in [0, 0.1) is 0 Å². The average Bonchev–Trinajstić information content (AvgIpc) is 2.55. The Bertz CT molecular complexity index is 517. The molecule has 0 aromatic heterocycles. The molecule has 2 rings (SSSR count). The molecular formula is C16H23BrClN3O2. The van der Waals surface area contributed by atoms with Crippen LogP contribution in [0.4, 0.5) is 0 Å². The van der Waals surface area contributed by atoms with Crippen LogP contribution in [0.25, 0.3) is 0 Å². The number of amides is 2. The van der Waals surface area contributed by atoms with E-state index in [4.69, 9.17) is 0 Å². The van der Waals surface area contributed by atoms with Crippen LogP contribution >= 0.6 is 28.3 Å². The van der Waals surface area contributed by atoms with E-state index in [-0.39, 0.29) is 24.2 Å². The lowest BCUT2D eigenvalue weighted by atomic mass is 10.1. The minimum Gasteiger partial charge on any atom is -0.339 e. The first-order valence-corrected chi connectivity index (χ1v) is 8.38. The van der Waals surface area contributed by atoms with Gasteiger partial charge < -0.3 is 15.1 Å². The minimum absolute atomic E-state index is 0. The van der Waals surface area contributed by atoms with Gasteiger partial charge in [-0.25, -0.2) is 0 Å². The molecule has 0 bridgehead atoms. The van der Waals surface area contributed by atoms with Gasteiger partial charge in [0.05, 0.1) is 0 Å². The molecule has 0 saturated carbocycles. The second-order valence-electron chi connectivity index (χ2n) is 5.39. The Hall–Kier alpha value is -1.11. The lowest BCUT2D eigenvalue weighted by Crippen LogP contribution is -2.50. The maximum absolute atomic E-state index is 12.4. The van der Waals surface area contributed by atoms with Crippen LogP contribution in [0.2, 0.25) is 0 Å². The van der Waals surface area contributed by atoms with Crippen molar-refractivity contribution in [2.45, 2.75) is 12.8 Å². The second-order valence-corrected chi connectivity index (χ2v) is 6.30. The van der Waals surface area contributed by atoms with Crippen LogP contribution < -0.4 is 5.32 Å². The Kier molecular flexibility index (Phi) is 8.58. The molecule has 1 aromatic carbocycles. The number of piperazine rings is 1. The molecule has 0 atom stereocenters. The first kappa shape index (κ1) is 19.9. The molecule has 1 heterocycles. The van der Waals surface area contributed by atoms with E-state index >= 15 is 0 Å². The van der Waals surface area contributed by atoms with E-state index in [9.17, 15) is 9.59 Å². The molecule has 0 spiro atoms. The van der Waals surface area contributed by atoms with E-state index in [0.29, 0.717) is 38.2 Å². The average molecular weight is 405 g/mol. The number of benzene rings is 1. The molecule has 0 unspecified atom stereocenters. The van der Waals surface area contributed by atoms with E-state index in [2.05, 4.69) is 21.2 Å². The van der Waals surface area contributed by atoms with Crippen molar-refractivity contribution in [1.29, 1.82) is 0 Å². The normalized spacial score (nSPS) is 14.3. The Morgan fingerprint density at radius 3 is 2.22 bits per heavy atom. The quantitative estimate of drug-likeness (QED) is 0.765. The zero-order valence-corrected chi connectivity index (χ0v) is 15.7. The van der Waals surface area contributed by atoms with Gasteiger partial charge in [-0.2, -0.15) is 0 Å². The van der Waals surface area contributed by atoms with E-state index in [1.807, 2.05) is 41.1 Å². The second kappa shape index (κ2) is 9.90. The molecule has 0 aliphatic carbocycles. The van der Waals surface area contributed by atoms with Crippen molar-refractivity contribution < 1.29 is 9.59 Å². The van der Waals surface area contributed by atoms with Crippen LogP contribution in [0.1, 0.15) is 23.2 Å². The highest BCUT2D eigenvalue weighted by Gasteiger charge is 2.24. The largest absolute Gasteiger partial charge is 0.339 e. The Morgan fingerprint density at radius 2 is 1.65 bits per heavy atom. The van der Waals surface area contributed by atoms with E-state index in [0.717, 1.165) is 17.4 Å². The zero-order chi connectivity index (χ0) is 15.9. The number of nitrogens with zero attached hydrogens (tertiary/aromatic N) is 2. The standard InChI is InChI=1S/C16H22BrN3O2.ClH/c1-18-8-2-3-15(21)19-9-11-20(12-10-19)16(22)13-4-6-14(17)7-5-13;/h4-7,18H,2-3,8-12H2,1H3;1H. The van der Waals surface area contributed by atoms with E-state index in [1.165, 1.54) is 0 Å². The summed E-state index contributed by atoms with van der Waals surface area (Å²) in [6.45, 7) is 3.31. The van der Waals surface area contributed by atoms with Crippen molar-refractivity contribution in [3.8, 4) is 0 Å². The number of carbonyl (C=O) groups is 2. The molecule has 0 radical (unpaired) electrons. The summed E-state index contributed by atoms with van der Waals surface area (Å²) < 4.78 is 0.959. The van der Waals surface area contributed by atoms with Gasteiger partial charge in [0.2, 0.25) is 5.91 Å². The molecule has 1 N–H and O–H groups in total. The number of hydrogen-bond acceptors (Lipinski definition) is 3. The highest BCUT2D eigenvalue weighted by molar-refractivity contribution is 9.10. The maximum Gasteiger partial charge on any atom is 0.253 e. The number of halogens is 2. The van der Waals surface area contributed by atoms with Crippen molar-refractivity contribution in [2.24, 2.45) is 0 Å². The minimum atomic E-state index is 0. The fourth-order valence-corrected chi connectivity index (χ4v) is 2.77. The van der Waals surface area contributed by atoms with Gasteiger partial charge in [-0.15, -0.1) is 12.4 Å². The third-order valence-corrected chi connectivity index (χ3v) is 4.36. The third-order valence-electron chi connectivity index (χ3n) is 3.83. The van der Waals surface area contributed by atoms with Gasteiger partial charge in [-0.1, -0.05) is 15.9 Å². The summed E-state index contributed by atoms with van der Waals surface area (Å²) in [5.74, 6) is 0.223. The van der Waals surface area contributed by atoms with Gasteiger partial charge in [0.1, 0.15) is 0 Å². The molecule has 1 aromatic rings. The predicted molar refractivity (Wildman–Crippen MR) is 97.0 cm³/mol. The topological polar surface area (TPSA) is 52.7 Å². The molecular weight excluding hydrogens is 382 g/mol. The highest BCUT2D eigenvalue weighted by atomic mass is 79.9. The summed E-state index contributed by atoms with van der Waals surface area (Å²) in [6, 6.07) is 7.38. The fourth-order valence-electron chi connectivity index (χ4n) is 2.51. The molecule has 7 heteroatoms. The van der Waals surface area contributed by atoms with Crippen LogP contribution in [-0.2, 0) is 4.79 Å². The van der Waals surface area contributed by atoms with Crippen molar-refractivity contribution in [3.63, 3.8) is 0 Å². The van der Waals surface area contributed by atoms with E-state index < -0.39 is 0 Å². The van der Waals surface area contributed by atoms with Gasteiger partial charge in [0.25, 0.3) is 5.91 Å². The molecule has 1 fully saturated rings.